The van der Waals surface area contributed by atoms with Gasteiger partial charge in [-0.05, 0) is 23.8 Å². The maximum absolute atomic E-state index is 6.12. The molecule has 0 fully saturated rings. The summed E-state index contributed by atoms with van der Waals surface area (Å²) >= 11 is 0. The fourth-order valence-corrected chi connectivity index (χ4v) is 2.10. The molecule has 122 valence electrons. The zero-order valence-corrected chi connectivity index (χ0v) is 13.1. The summed E-state index contributed by atoms with van der Waals surface area (Å²) in [6, 6.07) is 11.1. The molecule has 0 aliphatic heterocycles. The van der Waals surface area contributed by atoms with Gasteiger partial charge in [-0.3, -0.25) is 4.98 Å². The first kappa shape index (κ1) is 15.5. The van der Waals surface area contributed by atoms with Crippen LogP contribution in [0.1, 0.15) is 5.56 Å². The highest BCUT2D eigenvalue weighted by Crippen LogP contribution is 2.34. The number of anilines is 2. The highest BCUT2D eigenvalue weighted by atomic mass is 16.5. The Labute approximate surface area is 139 Å². The molecule has 7 heteroatoms. The summed E-state index contributed by atoms with van der Waals surface area (Å²) in [5.74, 6) is 1.89. The number of rotatable bonds is 6. The Morgan fingerprint density at radius 1 is 1.08 bits per heavy atom. The van der Waals surface area contributed by atoms with Crippen molar-refractivity contribution in [3.8, 4) is 17.4 Å². The van der Waals surface area contributed by atoms with Gasteiger partial charge in [-0.1, -0.05) is 18.2 Å². The van der Waals surface area contributed by atoms with Crippen LogP contribution < -0.4 is 20.5 Å². The van der Waals surface area contributed by atoms with Gasteiger partial charge in [0.2, 0.25) is 5.88 Å². The van der Waals surface area contributed by atoms with Crippen molar-refractivity contribution < 1.29 is 9.47 Å². The van der Waals surface area contributed by atoms with Gasteiger partial charge in [0.1, 0.15) is 12.0 Å². The lowest BCUT2D eigenvalue weighted by molar-refractivity contribution is 0.374. The number of nitrogens with two attached hydrogens (primary N) is 1. The molecule has 7 nitrogen and oxygen atoms in total. The summed E-state index contributed by atoms with van der Waals surface area (Å²) in [5, 5.41) is 3.16. The van der Waals surface area contributed by atoms with Crippen LogP contribution in [0, 0.1) is 0 Å². The third-order valence-electron chi connectivity index (χ3n) is 3.31. The van der Waals surface area contributed by atoms with Gasteiger partial charge in [-0.2, -0.15) is 4.98 Å². The molecule has 3 N–H and O–H groups in total. The number of methoxy groups -OCH3 is 1. The van der Waals surface area contributed by atoms with E-state index in [-0.39, 0.29) is 5.88 Å². The molecule has 1 aromatic carbocycles. The third kappa shape index (κ3) is 3.52. The van der Waals surface area contributed by atoms with Gasteiger partial charge in [0.15, 0.2) is 17.3 Å². The molecule has 24 heavy (non-hydrogen) atoms. The van der Waals surface area contributed by atoms with E-state index in [1.54, 1.807) is 31.6 Å². The van der Waals surface area contributed by atoms with Crippen LogP contribution >= 0.6 is 0 Å². The Balaban J connectivity index is 1.78. The lowest BCUT2D eigenvalue weighted by Crippen LogP contribution is -2.07. The van der Waals surface area contributed by atoms with E-state index in [2.05, 4.69) is 20.3 Å². The van der Waals surface area contributed by atoms with Crippen molar-refractivity contribution in [2.45, 2.75) is 6.54 Å². The first-order valence-electron chi connectivity index (χ1n) is 7.32. The number of benzene rings is 1. The third-order valence-corrected chi connectivity index (χ3v) is 3.31. The summed E-state index contributed by atoms with van der Waals surface area (Å²) in [7, 11) is 1.58. The van der Waals surface area contributed by atoms with E-state index >= 15 is 0 Å². The van der Waals surface area contributed by atoms with Gasteiger partial charge in [0.25, 0.3) is 0 Å². The molecule has 0 atom stereocenters. The lowest BCUT2D eigenvalue weighted by atomic mass is 10.3. The fourth-order valence-electron chi connectivity index (χ4n) is 2.10. The van der Waals surface area contributed by atoms with Gasteiger partial charge in [0, 0.05) is 18.9 Å². The molecule has 0 aliphatic rings. The maximum atomic E-state index is 6.12. The maximum Gasteiger partial charge on any atom is 0.248 e. The monoisotopic (exact) mass is 323 g/mol. The Morgan fingerprint density at radius 2 is 1.92 bits per heavy atom. The lowest BCUT2D eigenvalue weighted by Gasteiger charge is -2.13. The van der Waals surface area contributed by atoms with Crippen molar-refractivity contribution in [2.75, 3.05) is 18.2 Å². The average molecular weight is 323 g/mol. The number of nitrogens with zero attached hydrogens (tertiary/aromatic N) is 3. The second-order valence-electron chi connectivity index (χ2n) is 4.91. The standard InChI is InChI=1S/C17H17N5O2/c1-23-13-6-2-3-7-14(13)24-17-15(18)16(21-11-22-17)20-10-12-5-4-8-19-9-12/h2-9,11H,10,18H2,1H3,(H,20,21,22). The smallest absolute Gasteiger partial charge is 0.248 e. The number of nitrogens with one attached hydrogen (secondary N) is 1. The molecule has 0 saturated carbocycles. The van der Waals surface area contributed by atoms with Crippen molar-refractivity contribution in [3.63, 3.8) is 0 Å². The first-order valence-corrected chi connectivity index (χ1v) is 7.32. The van der Waals surface area contributed by atoms with E-state index in [1.165, 1.54) is 6.33 Å². The normalized spacial score (nSPS) is 10.2. The van der Waals surface area contributed by atoms with E-state index in [1.807, 2.05) is 24.3 Å². The van der Waals surface area contributed by atoms with Gasteiger partial charge < -0.3 is 20.5 Å². The molecule has 0 spiro atoms. The van der Waals surface area contributed by atoms with Crippen molar-refractivity contribution in [1.29, 1.82) is 0 Å². The number of ether oxygens (including phenoxy) is 2. The first-order chi connectivity index (χ1) is 11.8. The van der Waals surface area contributed by atoms with Gasteiger partial charge in [-0.25, -0.2) is 4.98 Å². The van der Waals surface area contributed by atoms with Gasteiger partial charge in [-0.15, -0.1) is 0 Å². The van der Waals surface area contributed by atoms with Crippen LogP contribution in [0.3, 0.4) is 0 Å². The van der Waals surface area contributed by atoms with E-state index in [4.69, 9.17) is 15.2 Å². The zero-order chi connectivity index (χ0) is 16.8. The summed E-state index contributed by atoms with van der Waals surface area (Å²) < 4.78 is 11.0. The van der Waals surface area contributed by atoms with E-state index in [0.29, 0.717) is 29.5 Å². The summed E-state index contributed by atoms with van der Waals surface area (Å²) in [6.07, 6.45) is 4.89. The molecule has 0 aliphatic carbocycles. The molecule has 3 aromatic rings. The predicted molar refractivity (Wildman–Crippen MR) is 91.1 cm³/mol. The fraction of sp³-hybridized carbons (Fsp3) is 0.118. The van der Waals surface area contributed by atoms with Crippen molar-refractivity contribution in [3.05, 3.63) is 60.7 Å². The predicted octanol–water partition coefficient (Wildman–Crippen LogP) is 2.87. The van der Waals surface area contributed by atoms with Crippen molar-refractivity contribution in [1.82, 2.24) is 15.0 Å². The number of pyridine rings is 1. The number of aromatic nitrogens is 3. The van der Waals surface area contributed by atoms with Crippen LogP contribution in [-0.4, -0.2) is 22.1 Å². The molecular formula is C17H17N5O2. The van der Waals surface area contributed by atoms with Gasteiger partial charge >= 0.3 is 0 Å². The van der Waals surface area contributed by atoms with Gasteiger partial charge in [0.05, 0.1) is 7.11 Å². The molecule has 2 aromatic heterocycles. The van der Waals surface area contributed by atoms with Crippen LogP contribution in [-0.2, 0) is 6.54 Å². The van der Waals surface area contributed by atoms with Crippen LogP contribution in [0.15, 0.2) is 55.1 Å². The van der Waals surface area contributed by atoms with Crippen molar-refractivity contribution >= 4 is 11.5 Å². The van der Waals surface area contributed by atoms with Crippen molar-refractivity contribution in [2.24, 2.45) is 0 Å². The minimum absolute atomic E-state index is 0.267. The average Bonchev–Trinajstić information content (AvgIpc) is 2.64. The molecule has 0 unspecified atom stereocenters. The molecular weight excluding hydrogens is 306 g/mol. The summed E-state index contributed by atoms with van der Waals surface area (Å²) in [5.41, 5.74) is 7.46. The largest absolute Gasteiger partial charge is 0.493 e. The summed E-state index contributed by atoms with van der Waals surface area (Å²) in [4.78, 5) is 12.3. The SMILES string of the molecule is COc1ccccc1Oc1ncnc(NCc2cccnc2)c1N. The number of hydrogen-bond acceptors (Lipinski definition) is 7. The zero-order valence-electron chi connectivity index (χ0n) is 13.1. The highest BCUT2D eigenvalue weighted by Gasteiger charge is 2.12. The number of para-hydroxylation sites is 2. The molecule has 2 heterocycles. The molecule has 3 rings (SSSR count). The van der Waals surface area contributed by atoms with Crippen LogP contribution in [0.4, 0.5) is 11.5 Å². The molecule has 0 amide bonds. The minimum Gasteiger partial charge on any atom is -0.493 e. The van der Waals surface area contributed by atoms with E-state index < -0.39 is 0 Å². The Bertz CT molecular complexity index is 811. The Hall–Kier alpha value is -3.35. The van der Waals surface area contributed by atoms with Crippen LogP contribution in [0.2, 0.25) is 0 Å². The second-order valence-corrected chi connectivity index (χ2v) is 4.91. The summed E-state index contributed by atoms with van der Waals surface area (Å²) in [6.45, 7) is 0.545. The van der Waals surface area contributed by atoms with Crippen LogP contribution in [0.5, 0.6) is 17.4 Å². The molecule has 0 radical (unpaired) electrons. The second kappa shape index (κ2) is 7.28. The molecule has 0 saturated heterocycles. The van der Waals surface area contributed by atoms with E-state index in [9.17, 15) is 0 Å². The highest BCUT2D eigenvalue weighted by molar-refractivity contribution is 5.67. The van der Waals surface area contributed by atoms with Crippen LogP contribution in [0.25, 0.3) is 0 Å². The Morgan fingerprint density at radius 3 is 2.67 bits per heavy atom. The number of hydrogen-bond donors (Lipinski definition) is 2. The topological polar surface area (TPSA) is 95.2 Å². The van der Waals surface area contributed by atoms with E-state index in [0.717, 1.165) is 5.56 Å². The number of nitrogen functional groups attached to an aromatic ring is 1. The minimum atomic E-state index is 0.267. The molecule has 0 bridgehead atoms. The quantitative estimate of drug-likeness (QED) is 0.720. The Kier molecular flexibility index (Phi) is 4.71.